The Morgan fingerprint density at radius 3 is 2.65 bits per heavy atom. The highest BCUT2D eigenvalue weighted by atomic mass is 16.6. The summed E-state index contributed by atoms with van der Waals surface area (Å²) in [5.74, 6) is -0.287. The molecular weight excluding hydrogens is 260 g/mol. The van der Waals surface area contributed by atoms with Gasteiger partial charge < -0.3 is 5.32 Å². The first-order chi connectivity index (χ1) is 9.61. The number of amides is 1. The maximum absolute atomic E-state index is 12.1. The molecule has 0 atom stereocenters. The van der Waals surface area contributed by atoms with E-state index in [0.29, 0.717) is 17.9 Å². The highest BCUT2D eigenvalue weighted by Gasteiger charge is 2.12. The molecule has 0 fully saturated rings. The number of carbonyl (C=O) groups excluding carboxylic acids is 1. The zero-order valence-electron chi connectivity index (χ0n) is 10.9. The van der Waals surface area contributed by atoms with Crippen molar-refractivity contribution in [3.05, 3.63) is 52.3 Å². The van der Waals surface area contributed by atoms with Gasteiger partial charge in [0, 0.05) is 30.6 Å². The molecule has 1 amide bonds. The van der Waals surface area contributed by atoms with Crippen LogP contribution >= 0.6 is 0 Å². The van der Waals surface area contributed by atoms with Gasteiger partial charge in [0.25, 0.3) is 11.6 Å². The van der Waals surface area contributed by atoms with Crippen molar-refractivity contribution in [1.29, 1.82) is 0 Å². The summed E-state index contributed by atoms with van der Waals surface area (Å²) in [4.78, 5) is 22.1. The zero-order valence-corrected chi connectivity index (χ0v) is 10.9. The van der Waals surface area contributed by atoms with E-state index in [4.69, 9.17) is 0 Å². The predicted octanol–water partition coefficient (Wildman–Crippen LogP) is 2.45. The fourth-order valence-corrected chi connectivity index (χ4v) is 1.78. The summed E-state index contributed by atoms with van der Waals surface area (Å²) >= 11 is 0. The van der Waals surface area contributed by atoms with Crippen LogP contribution in [0.25, 0.3) is 0 Å². The summed E-state index contributed by atoms with van der Waals surface area (Å²) in [7, 11) is 0. The Morgan fingerprint density at radius 2 is 2.05 bits per heavy atom. The van der Waals surface area contributed by atoms with E-state index in [2.05, 4.69) is 10.4 Å². The molecule has 0 saturated heterocycles. The molecule has 0 bridgehead atoms. The van der Waals surface area contributed by atoms with Gasteiger partial charge in [-0.15, -0.1) is 0 Å². The second-order valence-corrected chi connectivity index (χ2v) is 4.20. The molecule has 0 spiro atoms. The van der Waals surface area contributed by atoms with Gasteiger partial charge >= 0.3 is 0 Å². The smallest absolute Gasteiger partial charge is 0.273 e. The molecule has 0 aliphatic carbocycles. The first-order valence-electron chi connectivity index (χ1n) is 6.19. The Labute approximate surface area is 115 Å². The lowest BCUT2D eigenvalue weighted by molar-refractivity contribution is -0.384. The lowest BCUT2D eigenvalue weighted by atomic mass is 10.2. The SMILES string of the molecule is CCCn1nccc1C(=O)Nc1ccc([N+](=O)[O-])cc1. The summed E-state index contributed by atoms with van der Waals surface area (Å²) in [5, 5.41) is 17.3. The fraction of sp³-hybridized carbons (Fsp3) is 0.231. The van der Waals surface area contributed by atoms with Crippen molar-refractivity contribution in [1.82, 2.24) is 9.78 Å². The Morgan fingerprint density at radius 1 is 1.35 bits per heavy atom. The molecule has 0 unspecified atom stereocenters. The quantitative estimate of drug-likeness (QED) is 0.669. The predicted molar refractivity (Wildman–Crippen MR) is 73.6 cm³/mol. The molecule has 2 rings (SSSR count). The standard InChI is InChI=1S/C13H14N4O3/c1-2-9-16-12(7-8-14-16)13(18)15-10-3-5-11(6-4-10)17(19)20/h3-8H,2,9H2,1H3,(H,15,18). The number of hydrogen-bond donors (Lipinski definition) is 1. The van der Waals surface area contributed by atoms with Crippen molar-refractivity contribution in [2.24, 2.45) is 0 Å². The van der Waals surface area contributed by atoms with E-state index in [9.17, 15) is 14.9 Å². The molecule has 1 aromatic carbocycles. The Balaban J connectivity index is 2.11. The number of non-ortho nitro benzene ring substituents is 1. The number of nitrogens with zero attached hydrogens (tertiary/aromatic N) is 3. The van der Waals surface area contributed by atoms with Crippen LogP contribution in [0.1, 0.15) is 23.8 Å². The number of benzene rings is 1. The molecule has 104 valence electrons. The average Bonchev–Trinajstić information content (AvgIpc) is 2.88. The van der Waals surface area contributed by atoms with Gasteiger partial charge in [-0.2, -0.15) is 5.10 Å². The van der Waals surface area contributed by atoms with Crippen LogP contribution in [0, 0.1) is 10.1 Å². The van der Waals surface area contributed by atoms with Gasteiger partial charge in [-0.3, -0.25) is 19.6 Å². The van der Waals surface area contributed by atoms with Gasteiger partial charge in [0.1, 0.15) is 5.69 Å². The van der Waals surface area contributed by atoms with E-state index in [1.807, 2.05) is 6.92 Å². The van der Waals surface area contributed by atoms with Crippen molar-refractivity contribution in [2.45, 2.75) is 19.9 Å². The summed E-state index contributed by atoms with van der Waals surface area (Å²) in [5.41, 5.74) is 0.953. The lowest BCUT2D eigenvalue weighted by Gasteiger charge is -2.07. The number of nitro groups is 1. The number of aromatic nitrogens is 2. The fourth-order valence-electron chi connectivity index (χ4n) is 1.78. The molecular formula is C13H14N4O3. The Kier molecular flexibility index (Phi) is 4.09. The highest BCUT2D eigenvalue weighted by molar-refractivity contribution is 6.03. The number of carbonyl (C=O) groups is 1. The van der Waals surface area contributed by atoms with E-state index in [-0.39, 0.29) is 11.6 Å². The first kappa shape index (κ1) is 13.7. The lowest BCUT2D eigenvalue weighted by Crippen LogP contribution is -2.17. The van der Waals surface area contributed by atoms with Crippen molar-refractivity contribution < 1.29 is 9.72 Å². The van der Waals surface area contributed by atoms with Gasteiger partial charge in [0.05, 0.1) is 4.92 Å². The van der Waals surface area contributed by atoms with Crippen LogP contribution < -0.4 is 5.32 Å². The molecule has 7 nitrogen and oxygen atoms in total. The summed E-state index contributed by atoms with van der Waals surface area (Å²) in [6.07, 6.45) is 2.44. The molecule has 0 aliphatic heterocycles. The summed E-state index contributed by atoms with van der Waals surface area (Å²) < 4.78 is 1.63. The highest BCUT2D eigenvalue weighted by Crippen LogP contribution is 2.16. The zero-order chi connectivity index (χ0) is 14.5. The second-order valence-electron chi connectivity index (χ2n) is 4.20. The second kappa shape index (κ2) is 5.96. The van der Waals surface area contributed by atoms with E-state index < -0.39 is 4.92 Å². The third-order valence-electron chi connectivity index (χ3n) is 2.72. The summed E-state index contributed by atoms with van der Waals surface area (Å²) in [6, 6.07) is 7.32. The van der Waals surface area contributed by atoms with Gasteiger partial charge in [-0.1, -0.05) is 6.92 Å². The molecule has 7 heteroatoms. The topological polar surface area (TPSA) is 90.1 Å². The van der Waals surface area contributed by atoms with Crippen molar-refractivity contribution in [3.63, 3.8) is 0 Å². The van der Waals surface area contributed by atoms with Crippen molar-refractivity contribution >= 4 is 17.3 Å². The molecule has 1 aromatic heterocycles. The van der Waals surface area contributed by atoms with E-state index in [0.717, 1.165) is 6.42 Å². The monoisotopic (exact) mass is 274 g/mol. The van der Waals surface area contributed by atoms with Crippen LogP contribution in [0.4, 0.5) is 11.4 Å². The number of nitro benzene ring substituents is 1. The minimum Gasteiger partial charge on any atom is -0.321 e. The average molecular weight is 274 g/mol. The van der Waals surface area contributed by atoms with E-state index in [1.54, 1.807) is 16.9 Å². The number of nitrogens with one attached hydrogen (secondary N) is 1. The van der Waals surface area contributed by atoms with Crippen LogP contribution in [0.5, 0.6) is 0 Å². The van der Waals surface area contributed by atoms with Crippen molar-refractivity contribution in [3.8, 4) is 0 Å². The van der Waals surface area contributed by atoms with E-state index in [1.165, 1.54) is 24.3 Å². The largest absolute Gasteiger partial charge is 0.321 e. The molecule has 2 aromatic rings. The van der Waals surface area contributed by atoms with Crippen LogP contribution in [0.3, 0.4) is 0 Å². The van der Waals surface area contributed by atoms with Crippen LogP contribution in [-0.4, -0.2) is 20.6 Å². The third kappa shape index (κ3) is 3.00. The normalized spacial score (nSPS) is 10.2. The van der Waals surface area contributed by atoms with Gasteiger partial charge in [0.15, 0.2) is 0 Å². The number of aryl methyl sites for hydroxylation is 1. The number of rotatable bonds is 5. The minimum atomic E-state index is -0.484. The molecule has 0 radical (unpaired) electrons. The van der Waals surface area contributed by atoms with E-state index >= 15 is 0 Å². The molecule has 0 saturated carbocycles. The maximum atomic E-state index is 12.1. The van der Waals surface area contributed by atoms with Crippen LogP contribution in [0.2, 0.25) is 0 Å². The van der Waals surface area contributed by atoms with Crippen LogP contribution in [-0.2, 0) is 6.54 Å². The first-order valence-corrected chi connectivity index (χ1v) is 6.19. The van der Waals surface area contributed by atoms with Crippen LogP contribution in [0.15, 0.2) is 36.5 Å². The Hall–Kier alpha value is -2.70. The minimum absolute atomic E-state index is 0.0148. The molecule has 1 heterocycles. The van der Waals surface area contributed by atoms with Gasteiger partial charge in [0.2, 0.25) is 0 Å². The third-order valence-corrected chi connectivity index (χ3v) is 2.72. The molecule has 1 N–H and O–H groups in total. The van der Waals surface area contributed by atoms with Crippen molar-refractivity contribution in [2.75, 3.05) is 5.32 Å². The maximum Gasteiger partial charge on any atom is 0.273 e. The molecule has 0 aliphatic rings. The number of anilines is 1. The van der Waals surface area contributed by atoms with Gasteiger partial charge in [-0.05, 0) is 24.6 Å². The number of hydrogen-bond acceptors (Lipinski definition) is 4. The van der Waals surface area contributed by atoms with Gasteiger partial charge in [-0.25, -0.2) is 0 Å². The summed E-state index contributed by atoms with van der Waals surface area (Å²) in [6.45, 7) is 2.66. The Bertz CT molecular complexity index is 619. The molecule has 20 heavy (non-hydrogen) atoms.